The lowest BCUT2D eigenvalue weighted by atomic mass is 9.99. The molecular formula is C23H28N2O5S. The highest BCUT2D eigenvalue weighted by Crippen LogP contribution is 2.24. The monoisotopic (exact) mass is 444 g/mol. The molecule has 1 N–H and O–H groups in total. The number of nitrogens with zero attached hydrogens (tertiary/aromatic N) is 1. The van der Waals surface area contributed by atoms with E-state index in [1.165, 1.54) is 12.1 Å². The molecule has 0 saturated carbocycles. The third-order valence-corrected chi connectivity index (χ3v) is 7.00. The van der Waals surface area contributed by atoms with Gasteiger partial charge in [0.05, 0.1) is 16.1 Å². The zero-order chi connectivity index (χ0) is 22.6. The van der Waals surface area contributed by atoms with Crippen molar-refractivity contribution in [3.8, 4) is 0 Å². The second kappa shape index (κ2) is 9.51. The highest BCUT2D eigenvalue weighted by atomic mass is 32.2. The van der Waals surface area contributed by atoms with Gasteiger partial charge in [-0.05, 0) is 61.9 Å². The average Bonchev–Trinajstić information content (AvgIpc) is 2.74. The number of piperidine rings is 1. The Bertz CT molecular complexity index is 1070. The topological polar surface area (TPSA) is 92.8 Å². The summed E-state index contributed by atoms with van der Waals surface area (Å²) in [6.45, 7) is 6.61. The van der Waals surface area contributed by atoms with Crippen molar-refractivity contribution in [1.82, 2.24) is 4.90 Å². The van der Waals surface area contributed by atoms with Crippen LogP contribution in [0.25, 0.3) is 0 Å². The second-order valence-electron chi connectivity index (χ2n) is 8.06. The Hall–Kier alpha value is -2.87. The maximum absolute atomic E-state index is 12.9. The van der Waals surface area contributed by atoms with Crippen LogP contribution in [0.15, 0.2) is 47.4 Å². The maximum Gasteiger partial charge on any atom is 0.340 e. The predicted molar refractivity (Wildman–Crippen MR) is 118 cm³/mol. The van der Waals surface area contributed by atoms with Crippen molar-refractivity contribution in [1.29, 1.82) is 0 Å². The zero-order valence-corrected chi connectivity index (χ0v) is 18.9. The first-order valence-electron chi connectivity index (χ1n) is 10.3. The Morgan fingerprint density at radius 3 is 2.48 bits per heavy atom. The Morgan fingerprint density at radius 2 is 1.77 bits per heavy atom. The highest BCUT2D eigenvalue weighted by molar-refractivity contribution is 7.92. The van der Waals surface area contributed by atoms with Crippen molar-refractivity contribution in [3.63, 3.8) is 0 Å². The molecule has 0 bridgehead atoms. The number of rotatable bonds is 6. The molecule has 3 rings (SSSR count). The molecule has 1 heterocycles. The molecule has 1 aliphatic rings. The van der Waals surface area contributed by atoms with Gasteiger partial charge in [0.15, 0.2) is 6.61 Å². The Morgan fingerprint density at radius 1 is 1.10 bits per heavy atom. The number of para-hydroxylation sites is 1. The van der Waals surface area contributed by atoms with E-state index >= 15 is 0 Å². The van der Waals surface area contributed by atoms with Crippen LogP contribution in [0, 0.1) is 19.8 Å². The van der Waals surface area contributed by atoms with Gasteiger partial charge in [0.2, 0.25) is 0 Å². The molecule has 0 aliphatic carbocycles. The van der Waals surface area contributed by atoms with Crippen LogP contribution in [0.4, 0.5) is 5.69 Å². The van der Waals surface area contributed by atoms with Crippen LogP contribution in [0.5, 0.6) is 0 Å². The van der Waals surface area contributed by atoms with E-state index in [4.69, 9.17) is 4.74 Å². The van der Waals surface area contributed by atoms with E-state index in [1.54, 1.807) is 36.1 Å². The van der Waals surface area contributed by atoms with Crippen molar-refractivity contribution < 1.29 is 22.7 Å². The molecular weight excluding hydrogens is 416 g/mol. The lowest BCUT2D eigenvalue weighted by Gasteiger charge is -2.30. The molecule has 7 nitrogen and oxygen atoms in total. The summed E-state index contributed by atoms with van der Waals surface area (Å²) < 4.78 is 33.5. The standard InChI is InChI=1S/C23H28N2O5S/c1-16-10-12-25(13-11-16)22(26)15-30-23(27)19-6-4-5-7-20(19)24-31(28,29)21-14-17(2)8-9-18(21)3/h4-9,14,16,24H,10-13,15H2,1-3H3. The first kappa shape index (κ1) is 22.8. The van der Waals surface area contributed by atoms with E-state index < -0.39 is 16.0 Å². The predicted octanol–water partition coefficient (Wildman–Crippen LogP) is 3.52. The second-order valence-corrected chi connectivity index (χ2v) is 9.71. The molecule has 1 fully saturated rings. The van der Waals surface area contributed by atoms with Gasteiger partial charge in [0.1, 0.15) is 0 Å². The number of nitrogens with one attached hydrogen (secondary N) is 1. The van der Waals surface area contributed by atoms with Crippen molar-refractivity contribution in [2.75, 3.05) is 24.4 Å². The SMILES string of the molecule is Cc1ccc(C)c(S(=O)(=O)Nc2ccccc2C(=O)OCC(=O)N2CCC(C)CC2)c1. The summed E-state index contributed by atoms with van der Waals surface area (Å²) in [5.74, 6) is -0.407. The van der Waals surface area contributed by atoms with Crippen LogP contribution >= 0.6 is 0 Å². The number of anilines is 1. The van der Waals surface area contributed by atoms with Crippen LogP contribution in [-0.4, -0.2) is 44.9 Å². The average molecular weight is 445 g/mol. The van der Waals surface area contributed by atoms with Crippen molar-refractivity contribution in [2.45, 2.75) is 38.5 Å². The quantitative estimate of drug-likeness (QED) is 0.688. The molecule has 1 aliphatic heterocycles. The number of likely N-dealkylation sites (tertiary alicyclic amines) is 1. The van der Waals surface area contributed by atoms with Crippen LogP contribution < -0.4 is 4.72 Å². The zero-order valence-electron chi connectivity index (χ0n) is 18.1. The molecule has 0 radical (unpaired) electrons. The van der Waals surface area contributed by atoms with E-state index in [9.17, 15) is 18.0 Å². The maximum atomic E-state index is 12.9. The van der Waals surface area contributed by atoms with Gasteiger partial charge >= 0.3 is 5.97 Å². The molecule has 2 aromatic carbocycles. The fourth-order valence-electron chi connectivity index (χ4n) is 3.50. The molecule has 8 heteroatoms. The fraction of sp³-hybridized carbons (Fsp3) is 0.391. The molecule has 2 aromatic rings. The molecule has 166 valence electrons. The summed E-state index contributed by atoms with van der Waals surface area (Å²) in [6, 6.07) is 11.3. The molecule has 0 atom stereocenters. The highest BCUT2D eigenvalue weighted by Gasteiger charge is 2.24. The minimum atomic E-state index is -3.91. The van der Waals surface area contributed by atoms with Crippen molar-refractivity contribution in [2.24, 2.45) is 5.92 Å². The number of ether oxygens (including phenoxy) is 1. The van der Waals surface area contributed by atoms with Gasteiger partial charge in [-0.15, -0.1) is 0 Å². The van der Waals surface area contributed by atoms with Gasteiger partial charge in [-0.1, -0.05) is 31.2 Å². The Labute approximate surface area is 183 Å². The molecule has 1 amide bonds. The molecule has 0 spiro atoms. The largest absolute Gasteiger partial charge is 0.452 e. The molecule has 31 heavy (non-hydrogen) atoms. The first-order valence-corrected chi connectivity index (χ1v) is 11.8. The van der Waals surface area contributed by atoms with Crippen molar-refractivity contribution >= 4 is 27.6 Å². The molecule has 0 aromatic heterocycles. The van der Waals surface area contributed by atoms with Crippen LogP contribution in [0.3, 0.4) is 0 Å². The Balaban J connectivity index is 1.72. The first-order chi connectivity index (χ1) is 14.7. The van der Waals surface area contributed by atoms with E-state index in [-0.39, 0.29) is 28.7 Å². The summed E-state index contributed by atoms with van der Waals surface area (Å²) in [6.07, 6.45) is 1.87. The number of carbonyl (C=O) groups is 2. The van der Waals surface area contributed by atoms with Gasteiger partial charge in [0.25, 0.3) is 15.9 Å². The lowest BCUT2D eigenvalue weighted by Crippen LogP contribution is -2.40. The van der Waals surface area contributed by atoms with E-state index in [1.807, 2.05) is 13.0 Å². The van der Waals surface area contributed by atoms with Crippen LogP contribution in [0.1, 0.15) is 41.3 Å². The number of carbonyl (C=O) groups excluding carboxylic acids is 2. The summed E-state index contributed by atoms with van der Waals surface area (Å²) in [5.41, 5.74) is 1.56. The normalized spacial score (nSPS) is 14.9. The van der Waals surface area contributed by atoms with E-state index in [0.29, 0.717) is 24.6 Å². The summed E-state index contributed by atoms with van der Waals surface area (Å²) in [4.78, 5) is 26.8. The Kier molecular flexibility index (Phi) is 7.00. The summed E-state index contributed by atoms with van der Waals surface area (Å²) in [7, 11) is -3.91. The van der Waals surface area contributed by atoms with Crippen molar-refractivity contribution in [3.05, 3.63) is 59.2 Å². The minimum absolute atomic E-state index is 0.0523. The smallest absolute Gasteiger partial charge is 0.340 e. The van der Waals surface area contributed by atoms with Gasteiger partial charge in [-0.3, -0.25) is 9.52 Å². The van der Waals surface area contributed by atoms with Gasteiger partial charge < -0.3 is 9.64 Å². The summed E-state index contributed by atoms with van der Waals surface area (Å²) in [5, 5.41) is 0. The van der Waals surface area contributed by atoms with Crippen LogP contribution in [-0.2, 0) is 19.6 Å². The minimum Gasteiger partial charge on any atom is -0.452 e. The number of amides is 1. The molecule has 1 saturated heterocycles. The van der Waals surface area contributed by atoms with Gasteiger partial charge in [-0.2, -0.15) is 0 Å². The van der Waals surface area contributed by atoms with Crippen LogP contribution in [0.2, 0.25) is 0 Å². The number of hydrogen-bond donors (Lipinski definition) is 1. The third kappa shape index (κ3) is 5.64. The fourth-order valence-corrected chi connectivity index (χ4v) is 4.91. The summed E-state index contributed by atoms with van der Waals surface area (Å²) >= 11 is 0. The number of hydrogen-bond acceptors (Lipinski definition) is 5. The number of esters is 1. The number of sulfonamides is 1. The van der Waals surface area contributed by atoms with E-state index in [2.05, 4.69) is 11.6 Å². The van der Waals surface area contributed by atoms with E-state index in [0.717, 1.165) is 18.4 Å². The lowest BCUT2D eigenvalue weighted by molar-refractivity contribution is -0.135. The third-order valence-electron chi connectivity index (χ3n) is 5.49. The molecule has 0 unspecified atom stereocenters. The van der Waals surface area contributed by atoms with Gasteiger partial charge in [0, 0.05) is 13.1 Å². The van der Waals surface area contributed by atoms with Gasteiger partial charge in [-0.25, -0.2) is 13.2 Å². The number of benzene rings is 2. The number of aryl methyl sites for hydroxylation is 2.